The second kappa shape index (κ2) is 8.12. The number of nitrogens with one attached hydrogen (secondary N) is 1. The molecule has 0 spiro atoms. The van der Waals surface area contributed by atoms with Gasteiger partial charge < -0.3 is 5.73 Å². The third-order valence-corrected chi connectivity index (χ3v) is 5.54. The fourth-order valence-corrected chi connectivity index (χ4v) is 3.98. The summed E-state index contributed by atoms with van der Waals surface area (Å²) >= 11 is 0. The minimum absolute atomic E-state index is 0.0720. The van der Waals surface area contributed by atoms with Gasteiger partial charge in [-0.1, -0.05) is 42.5 Å². The average Bonchev–Trinajstić information content (AvgIpc) is 2.54. The number of hydrogen-bond donors (Lipinski definition) is 2. The number of hydrogen-bond acceptors (Lipinski definition) is 4. The van der Waals surface area contributed by atoms with Crippen molar-refractivity contribution in [3.05, 3.63) is 65.7 Å². The summed E-state index contributed by atoms with van der Waals surface area (Å²) in [5.41, 5.74) is 7.21. The van der Waals surface area contributed by atoms with Crippen LogP contribution in [0.5, 0.6) is 0 Å². The first-order valence-electron chi connectivity index (χ1n) is 8.52. The zero-order chi connectivity index (χ0) is 19.4. The number of carbonyl (C=O) groups is 1. The Morgan fingerprint density at radius 3 is 2.12 bits per heavy atom. The first-order valence-corrected chi connectivity index (χ1v) is 10.0. The van der Waals surface area contributed by atoms with E-state index in [1.165, 1.54) is 12.1 Å². The molecule has 0 amide bonds. The van der Waals surface area contributed by atoms with Crippen LogP contribution >= 0.6 is 0 Å². The second-order valence-electron chi connectivity index (χ2n) is 7.44. The van der Waals surface area contributed by atoms with Gasteiger partial charge >= 0.3 is 0 Å². The van der Waals surface area contributed by atoms with E-state index < -0.39 is 21.6 Å². The molecule has 3 N–H and O–H groups in total. The highest BCUT2D eigenvalue weighted by molar-refractivity contribution is 7.89. The van der Waals surface area contributed by atoms with Crippen LogP contribution in [0.1, 0.15) is 31.9 Å². The summed E-state index contributed by atoms with van der Waals surface area (Å²) in [4.78, 5) is 12.5. The molecule has 0 fully saturated rings. The fourth-order valence-electron chi connectivity index (χ4n) is 2.56. The average molecular weight is 375 g/mol. The molecule has 1 atom stereocenters. The minimum atomic E-state index is -3.58. The normalized spacial score (nSPS) is 13.4. The van der Waals surface area contributed by atoms with E-state index in [1.807, 2.05) is 30.3 Å². The zero-order valence-corrected chi connectivity index (χ0v) is 16.2. The third-order valence-electron chi connectivity index (χ3n) is 3.76. The molecule has 0 aliphatic heterocycles. The molecular weight excluding hydrogens is 348 g/mol. The van der Waals surface area contributed by atoms with E-state index in [1.54, 1.807) is 32.9 Å². The first-order chi connectivity index (χ1) is 12.1. The van der Waals surface area contributed by atoms with Gasteiger partial charge in [-0.15, -0.1) is 0 Å². The Hall–Kier alpha value is -2.02. The molecule has 0 saturated heterocycles. The maximum Gasteiger partial charge on any atom is 0.241 e. The van der Waals surface area contributed by atoms with Gasteiger partial charge in [0.2, 0.25) is 10.0 Å². The van der Waals surface area contributed by atoms with Crippen LogP contribution in [-0.4, -0.2) is 25.8 Å². The van der Waals surface area contributed by atoms with Crippen LogP contribution in [0, 0.1) is 0 Å². The molecule has 0 saturated carbocycles. The summed E-state index contributed by atoms with van der Waals surface area (Å²) in [6, 6.07) is 15.4. The molecule has 6 heteroatoms. The van der Waals surface area contributed by atoms with Gasteiger partial charge in [0.05, 0.1) is 10.9 Å². The van der Waals surface area contributed by atoms with E-state index in [-0.39, 0.29) is 17.1 Å². The van der Waals surface area contributed by atoms with Crippen molar-refractivity contribution < 1.29 is 13.2 Å². The molecule has 0 radical (unpaired) electrons. The molecule has 5 nitrogen and oxygen atoms in total. The number of sulfonamides is 1. The van der Waals surface area contributed by atoms with Gasteiger partial charge in [-0.2, -0.15) is 0 Å². The summed E-state index contributed by atoms with van der Waals surface area (Å²) in [5, 5.41) is 0. The highest BCUT2D eigenvalue weighted by atomic mass is 32.2. The number of nitrogens with two attached hydrogens (primary N) is 1. The van der Waals surface area contributed by atoms with Crippen molar-refractivity contribution in [3.8, 4) is 0 Å². The molecule has 0 heterocycles. The second-order valence-corrected chi connectivity index (χ2v) is 9.12. The highest BCUT2D eigenvalue weighted by Gasteiger charge is 2.22. The fraction of sp³-hybridized carbons (Fsp3) is 0.350. The summed E-state index contributed by atoms with van der Waals surface area (Å²) in [7, 11) is -3.58. The van der Waals surface area contributed by atoms with Gasteiger partial charge in [0.15, 0.2) is 5.78 Å². The van der Waals surface area contributed by atoms with E-state index >= 15 is 0 Å². The summed E-state index contributed by atoms with van der Waals surface area (Å²) < 4.78 is 27.2. The third kappa shape index (κ3) is 6.05. The van der Waals surface area contributed by atoms with Crippen LogP contribution in [0.25, 0.3) is 0 Å². The van der Waals surface area contributed by atoms with E-state index in [0.29, 0.717) is 6.42 Å². The Labute approximate surface area is 155 Å². The molecule has 140 valence electrons. The van der Waals surface area contributed by atoms with Crippen LogP contribution in [0.4, 0.5) is 0 Å². The summed E-state index contributed by atoms with van der Waals surface area (Å²) in [5.74, 6) is -0.0720. The lowest BCUT2D eigenvalue weighted by Crippen LogP contribution is -2.40. The molecule has 0 unspecified atom stereocenters. The van der Waals surface area contributed by atoms with Crippen molar-refractivity contribution in [2.45, 2.75) is 50.1 Å². The topological polar surface area (TPSA) is 89.3 Å². The Balaban J connectivity index is 2.01. The van der Waals surface area contributed by atoms with Crippen molar-refractivity contribution >= 4 is 15.8 Å². The van der Waals surface area contributed by atoms with Gasteiger partial charge in [-0.25, -0.2) is 13.1 Å². The lowest BCUT2D eigenvalue weighted by molar-refractivity contribution is -0.119. The monoisotopic (exact) mass is 374 g/mol. The molecule has 26 heavy (non-hydrogen) atoms. The van der Waals surface area contributed by atoms with Gasteiger partial charge in [-0.05, 0) is 50.5 Å². The molecule has 2 rings (SSSR count). The van der Waals surface area contributed by atoms with E-state index in [2.05, 4.69) is 4.72 Å². The number of benzene rings is 2. The minimum Gasteiger partial charge on any atom is -0.321 e. The molecular formula is C20H26N2O3S. The summed E-state index contributed by atoms with van der Waals surface area (Å²) in [6.07, 6.45) is 0.669. The number of carbonyl (C=O) groups excluding carboxylic acids is 1. The highest BCUT2D eigenvalue weighted by Crippen LogP contribution is 2.15. The quantitative estimate of drug-likeness (QED) is 0.779. The lowest BCUT2D eigenvalue weighted by Gasteiger charge is -2.20. The van der Waals surface area contributed by atoms with Gasteiger partial charge in [0, 0.05) is 12.0 Å². The standard InChI is InChI=1S/C20H26N2O3S/c1-20(2,3)22-26(24,25)17-11-9-16(10-12-17)14-19(23)18(21)13-15-7-5-4-6-8-15/h4-12,18,22H,13-14,21H2,1-3H3/t18-/m0/s1. The van der Waals surface area contributed by atoms with Gasteiger partial charge in [-0.3, -0.25) is 4.79 Å². The van der Waals surface area contributed by atoms with Crippen LogP contribution in [0.2, 0.25) is 0 Å². The predicted octanol–water partition coefficient (Wildman–Crippen LogP) is 2.45. The SMILES string of the molecule is CC(C)(C)NS(=O)(=O)c1ccc(CC(=O)[C@@H](N)Cc2ccccc2)cc1. The molecule has 0 bridgehead atoms. The Bertz CT molecular complexity index is 839. The molecule has 2 aromatic carbocycles. The largest absolute Gasteiger partial charge is 0.321 e. The molecule has 2 aromatic rings. The van der Waals surface area contributed by atoms with E-state index in [9.17, 15) is 13.2 Å². The Morgan fingerprint density at radius 1 is 1.00 bits per heavy atom. The number of rotatable bonds is 7. The van der Waals surface area contributed by atoms with E-state index in [0.717, 1.165) is 11.1 Å². The smallest absolute Gasteiger partial charge is 0.241 e. The predicted molar refractivity (Wildman–Crippen MR) is 103 cm³/mol. The number of ketones is 1. The Kier molecular flexibility index (Phi) is 6.34. The molecule has 0 aliphatic carbocycles. The van der Waals surface area contributed by atoms with Gasteiger partial charge in [0.25, 0.3) is 0 Å². The van der Waals surface area contributed by atoms with Crippen LogP contribution in [-0.2, 0) is 27.7 Å². The van der Waals surface area contributed by atoms with Crippen molar-refractivity contribution in [2.24, 2.45) is 5.73 Å². The van der Waals surface area contributed by atoms with E-state index in [4.69, 9.17) is 5.73 Å². The number of Topliss-reactive ketones (excluding diaryl/α,β-unsaturated/α-hetero) is 1. The van der Waals surface area contributed by atoms with Crippen molar-refractivity contribution in [2.75, 3.05) is 0 Å². The lowest BCUT2D eigenvalue weighted by atomic mass is 9.98. The van der Waals surface area contributed by atoms with Crippen LogP contribution in [0.15, 0.2) is 59.5 Å². The molecule has 0 aliphatic rings. The Morgan fingerprint density at radius 2 is 1.58 bits per heavy atom. The van der Waals surface area contributed by atoms with Crippen LogP contribution < -0.4 is 10.5 Å². The van der Waals surface area contributed by atoms with Crippen molar-refractivity contribution in [3.63, 3.8) is 0 Å². The summed E-state index contributed by atoms with van der Waals surface area (Å²) in [6.45, 7) is 5.35. The maximum absolute atomic E-state index is 12.3. The van der Waals surface area contributed by atoms with Crippen molar-refractivity contribution in [1.29, 1.82) is 0 Å². The zero-order valence-electron chi connectivity index (χ0n) is 15.4. The van der Waals surface area contributed by atoms with Crippen LogP contribution in [0.3, 0.4) is 0 Å². The first kappa shape index (κ1) is 20.3. The van der Waals surface area contributed by atoms with Crippen molar-refractivity contribution in [1.82, 2.24) is 4.72 Å². The molecule has 0 aromatic heterocycles. The van der Waals surface area contributed by atoms with Gasteiger partial charge in [0.1, 0.15) is 0 Å². The maximum atomic E-state index is 12.3.